The number of carbonyl (C=O) groups is 2. The fourth-order valence-electron chi connectivity index (χ4n) is 4.76. The Kier molecular flexibility index (Phi) is 6.48. The van der Waals surface area contributed by atoms with Gasteiger partial charge in [0.2, 0.25) is 0 Å². The quantitative estimate of drug-likeness (QED) is 0.108. The summed E-state index contributed by atoms with van der Waals surface area (Å²) in [5, 5.41) is 4.72. The first-order valence-corrected chi connectivity index (χ1v) is 13.1. The average molecular weight is 559 g/mol. The molecule has 1 saturated carbocycles. The molecule has 0 saturated heterocycles. The lowest BCUT2D eigenvalue weighted by Crippen LogP contribution is -2.32. The Bertz CT molecular complexity index is 1800. The van der Waals surface area contributed by atoms with Crippen LogP contribution in [0.3, 0.4) is 0 Å². The number of rotatable bonds is 9. The molecule has 13 heteroatoms. The Labute approximate surface area is 233 Å². The van der Waals surface area contributed by atoms with Crippen LogP contribution in [-0.2, 0) is 17.9 Å². The summed E-state index contributed by atoms with van der Waals surface area (Å²) in [6.07, 6.45) is 15.1. The number of nitrogens with zero attached hydrogens (tertiary/aromatic N) is 7. The minimum Gasteiger partial charge on any atom is -0.393 e. The number of halogens is 1. The number of hydrazine groups is 1. The molecule has 0 unspecified atom stereocenters. The molecule has 0 bridgehead atoms. The van der Waals surface area contributed by atoms with E-state index >= 15 is 0 Å². The molecule has 1 amide bonds. The summed E-state index contributed by atoms with van der Waals surface area (Å²) in [5.74, 6) is 6.22. The molecule has 5 aromatic rings. The van der Waals surface area contributed by atoms with Crippen molar-refractivity contribution in [3.8, 4) is 5.69 Å². The lowest BCUT2D eigenvalue weighted by molar-refractivity contribution is -0.117. The van der Waals surface area contributed by atoms with E-state index in [4.69, 9.17) is 28.2 Å². The number of fused-ring (bicyclic) bond motifs is 2. The van der Waals surface area contributed by atoms with Gasteiger partial charge in [-0.3, -0.25) is 9.59 Å². The number of carbonyl (C=O) groups excluding carboxylic acids is 2. The van der Waals surface area contributed by atoms with E-state index in [0.29, 0.717) is 40.0 Å². The second-order valence-corrected chi connectivity index (χ2v) is 10.3. The van der Waals surface area contributed by atoms with Gasteiger partial charge in [-0.25, -0.2) is 20.8 Å². The zero-order chi connectivity index (χ0) is 28.0. The van der Waals surface area contributed by atoms with Crippen LogP contribution in [0, 0.1) is 6.92 Å². The molecule has 1 aliphatic carbocycles. The number of aryl methyl sites for hydroxylation is 1. The maximum atomic E-state index is 12.7. The van der Waals surface area contributed by atoms with Crippen LogP contribution in [0.4, 0.5) is 0 Å². The molecular weight excluding hydrogens is 532 g/mol. The minimum absolute atomic E-state index is 0.0546. The van der Waals surface area contributed by atoms with Gasteiger partial charge < -0.3 is 29.4 Å². The number of pyridine rings is 2. The fraction of sp³-hybridized carbons (Fsp3) is 0.222. The number of nitrogens with one attached hydrogen (secondary N) is 1. The van der Waals surface area contributed by atoms with E-state index in [-0.39, 0.29) is 18.8 Å². The van der Waals surface area contributed by atoms with Crippen LogP contribution in [0.1, 0.15) is 51.8 Å². The monoisotopic (exact) mass is 558 g/mol. The highest BCUT2D eigenvalue weighted by Crippen LogP contribution is 2.41. The van der Waals surface area contributed by atoms with Crippen LogP contribution in [0.25, 0.3) is 16.9 Å². The van der Waals surface area contributed by atoms with Gasteiger partial charge in [-0.05, 0) is 48.9 Å². The molecule has 1 fully saturated rings. The highest BCUT2D eigenvalue weighted by atomic mass is 35.5. The summed E-state index contributed by atoms with van der Waals surface area (Å²) in [4.78, 5) is 37.1. The second kappa shape index (κ2) is 10.1. The number of imidazole rings is 3. The first-order chi connectivity index (χ1) is 19.3. The molecule has 5 aromatic heterocycles. The molecular formula is C27H27ClN10O2. The van der Waals surface area contributed by atoms with Crippen LogP contribution in [-0.4, -0.2) is 45.5 Å². The van der Waals surface area contributed by atoms with Gasteiger partial charge in [-0.2, -0.15) is 0 Å². The Hall–Kier alpha value is -4.68. The van der Waals surface area contributed by atoms with Gasteiger partial charge in [0.15, 0.2) is 11.9 Å². The molecule has 1 aliphatic rings. The number of amides is 1. The predicted molar refractivity (Wildman–Crippen MR) is 148 cm³/mol. The van der Waals surface area contributed by atoms with Crippen LogP contribution >= 0.6 is 11.6 Å². The summed E-state index contributed by atoms with van der Waals surface area (Å²) < 4.78 is 5.60. The zero-order valence-electron chi connectivity index (χ0n) is 21.7. The Morgan fingerprint density at radius 3 is 2.80 bits per heavy atom. The van der Waals surface area contributed by atoms with E-state index in [0.717, 1.165) is 29.6 Å². The third-order valence-electron chi connectivity index (χ3n) is 6.95. The summed E-state index contributed by atoms with van der Waals surface area (Å²) >= 11 is 6.25. The molecule has 12 nitrogen and oxygen atoms in total. The van der Waals surface area contributed by atoms with Crippen LogP contribution < -0.4 is 16.9 Å². The molecule has 6 rings (SSSR count). The molecule has 0 aliphatic heterocycles. The Morgan fingerprint density at radius 1 is 1.23 bits per heavy atom. The largest absolute Gasteiger partial charge is 0.393 e. The zero-order valence-corrected chi connectivity index (χ0v) is 22.4. The molecule has 0 atom stereocenters. The molecule has 5 heterocycles. The molecule has 204 valence electrons. The van der Waals surface area contributed by atoms with Crippen molar-refractivity contribution in [2.45, 2.75) is 38.8 Å². The van der Waals surface area contributed by atoms with Gasteiger partial charge >= 0.3 is 0 Å². The fourth-order valence-corrected chi connectivity index (χ4v) is 4.91. The van der Waals surface area contributed by atoms with Gasteiger partial charge in [0, 0.05) is 36.0 Å². The summed E-state index contributed by atoms with van der Waals surface area (Å²) in [5.41, 5.74) is 12.1. The Balaban J connectivity index is 1.17. The SMILES string of the molecule is Cc1c(Cl)ccn2cnc(CNC(=O)/C(N)=C/N(N)Cc3cn4cc(C5CC5)cc(-n5cnc(C=O)c5)c4n3)c12. The van der Waals surface area contributed by atoms with E-state index in [1.54, 1.807) is 29.5 Å². The van der Waals surface area contributed by atoms with Crippen molar-refractivity contribution in [3.63, 3.8) is 0 Å². The molecule has 0 spiro atoms. The first-order valence-electron chi connectivity index (χ1n) is 12.7. The lowest BCUT2D eigenvalue weighted by Gasteiger charge is -2.13. The van der Waals surface area contributed by atoms with E-state index < -0.39 is 5.91 Å². The van der Waals surface area contributed by atoms with E-state index in [2.05, 4.69) is 27.5 Å². The highest BCUT2D eigenvalue weighted by molar-refractivity contribution is 6.31. The van der Waals surface area contributed by atoms with Gasteiger partial charge in [0.05, 0.1) is 42.0 Å². The van der Waals surface area contributed by atoms with Crippen molar-refractivity contribution in [3.05, 3.63) is 94.7 Å². The van der Waals surface area contributed by atoms with Crippen molar-refractivity contribution in [1.29, 1.82) is 0 Å². The van der Waals surface area contributed by atoms with Crippen molar-refractivity contribution < 1.29 is 9.59 Å². The summed E-state index contributed by atoms with van der Waals surface area (Å²) in [7, 11) is 0. The van der Waals surface area contributed by atoms with E-state index in [9.17, 15) is 9.59 Å². The van der Waals surface area contributed by atoms with Crippen LogP contribution in [0.2, 0.25) is 5.02 Å². The van der Waals surface area contributed by atoms with Gasteiger partial charge in [-0.1, -0.05) is 11.6 Å². The van der Waals surface area contributed by atoms with Crippen molar-refractivity contribution >= 4 is 35.0 Å². The first kappa shape index (κ1) is 25.6. The third-order valence-corrected chi connectivity index (χ3v) is 7.36. The number of aldehydes is 1. The van der Waals surface area contributed by atoms with E-state index in [1.165, 1.54) is 16.8 Å². The minimum atomic E-state index is -0.478. The number of hydrogen-bond acceptors (Lipinski definition) is 8. The Morgan fingerprint density at radius 2 is 2.05 bits per heavy atom. The van der Waals surface area contributed by atoms with Gasteiger partial charge in [0.25, 0.3) is 5.91 Å². The average Bonchev–Trinajstić information content (AvgIpc) is 3.33. The van der Waals surface area contributed by atoms with Gasteiger partial charge in [0.1, 0.15) is 17.7 Å². The van der Waals surface area contributed by atoms with Gasteiger partial charge in [-0.15, -0.1) is 0 Å². The van der Waals surface area contributed by atoms with Crippen LogP contribution in [0.15, 0.2) is 61.5 Å². The maximum Gasteiger partial charge on any atom is 0.269 e. The highest BCUT2D eigenvalue weighted by Gasteiger charge is 2.25. The molecule has 5 N–H and O–H groups in total. The standard InChI is InChI=1S/C27H27ClN10O2/c1-16-21(28)4-5-35-15-33-23(25(16)35)7-31-27(40)22(29)12-38(30)11-19-9-36-8-18(17-2-3-17)6-24(26(36)34-19)37-10-20(13-39)32-14-37/h4-6,8-10,12-15,17H,2-3,7,11,29-30H2,1H3,(H,31,40)/b22-12-. The summed E-state index contributed by atoms with van der Waals surface area (Å²) in [6.45, 7) is 2.28. The molecule has 40 heavy (non-hydrogen) atoms. The predicted octanol–water partition coefficient (Wildman–Crippen LogP) is 2.61. The molecule has 0 aromatic carbocycles. The smallest absolute Gasteiger partial charge is 0.269 e. The van der Waals surface area contributed by atoms with E-state index in [1.807, 2.05) is 28.1 Å². The van der Waals surface area contributed by atoms with Crippen molar-refractivity contribution in [1.82, 2.24) is 38.6 Å². The van der Waals surface area contributed by atoms with Crippen molar-refractivity contribution in [2.24, 2.45) is 11.6 Å². The lowest BCUT2D eigenvalue weighted by atomic mass is 10.2. The van der Waals surface area contributed by atoms with Crippen molar-refractivity contribution in [2.75, 3.05) is 0 Å². The normalized spacial score (nSPS) is 13.7. The maximum absolute atomic E-state index is 12.7. The number of nitrogens with two attached hydrogens (primary N) is 2. The summed E-state index contributed by atoms with van der Waals surface area (Å²) in [6, 6.07) is 3.88. The topological polar surface area (TPSA) is 154 Å². The molecule has 0 radical (unpaired) electrons. The third kappa shape index (κ3) is 4.90. The number of hydrogen-bond donors (Lipinski definition) is 3. The second-order valence-electron chi connectivity index (χ2n) is 9.89. The van der Waals surface area contributed by atoms with Crippen LogP contribution in [0.5, 0.6) is 0 Å². The number of aromatic nitrogens is 6.